The lowest BCUT2D eigenvalue weighted by Crippen LogP contribution is -2.44. The van der Waals surface area contributed by atoms with Gasteiger partial charge in [0.1, 0.15) is 11.5 Å². The SMILES string of the molecule is COc1ccc([C@H]2CCCC(C)(C)N2)c(O)c1. The quantitative estimate of drug-likeness (QED) is 0.828. The fraction of sp³-hybridized carbons (Fsp3) is 0.571. The second-order valence-corrected chi connectivity index (χ2v) is 5.40. The van der Waals surface area contributed by atoms with Crippen LogP contribution in [0.3, 0.4) is 0 Å². The number of ether oxygens (including phenoxy) is 1. The van der Waals surface area contributed by atoms with Gasteiger partial charge < -0.3 is 15.2 Å². The maximum Gasteiger partial charge on any atom is 0.124 e. The van der Waals surface area contributed by atoms with Crippen molar-refractivity contribution in [3.8, 4) is 11.5 Å². The Hall–Kier alpha value is -1.22. The largest absolute Gasteiger partial charge is 0.507 e. The van der Waals surface area contributed by atoms with Crippen molar-refractivity contribution in [2.24, 2.45) is 0 Å². The van der Waals surface area contributed by atoms with Crippen LogP contribution in [0.15, 0.2) is 18.2 Å². The van der Waals surface area contributed by atoms with Crippen LogP contribution in [0.5, 0.6) is 11.5 Å². The third-order valence-electron chi connectivity index (χ3n) is 3.47. The Labute approximate surface area is 103 Å². The van der Waals surface area contributed by atoms with Crippen LogP contribution in [0.2, 0.25) is 0 Å². The van der Waals surface area contributed by atoms with Gasteiger partial charge in [0.2, 0.25) is 0 Å². The van der Waals surface area contributed by atoms with E-state index >= 15 is 0 Å². The van der Waals surface area contributed by atoms with Gasteiger partial charge >= 0.3 is 0 Å². The van der Waals surface area contributed by atoms with Gasteiger partial charge in [0, 0.05) is 23.2 Å². The molecule has 1 aliphatic rings. The number of hydrogen-bond acceptors (Lipinski definition) is 3. The molecule has 3 heteroatoms. The summed E-state index contributed by atoms with van der Waals surface area (Å²) in [5, 5.41) is 13.6. The molecule has 1 atom stereocenters. The Balaban J connectivity index is 2.22. The van der Waals surface area contributed by atoms with Gasteiger partial charge in [-0.1, -0.05) is 6.07 Å². The molecule has 3 nitrogen and oxygen atoms in total. The summed E-state index contributed by atoms with van der Waals surface area (Å²) in [5.74, 6) is 1.01. The summed E-state index contributed by atoms with van der Waals surface area (Å²) in [6.45, 7) is 4.42. The van der Waals surface area contributed by atoms with E-state index in [-0.39, 0.29) is 11.6 Å². The number of phenolic OH excluding ortho intramolecular Hbond substituents is 1. The van der Waals surface area contributed by atoms with E-state index in [0.717, 1.165) is 12.0 Å². The molecule has 1 aromatic rings. The summed E-state index contributed by atoms with van der Waals surface area (Å²) in [5.41, 5.74) is 1.12. The van der Waals surface area contributed by atoms with E-state index in [1.165, 1.54) is 12.8 Å². The minimum Gasteiger partial charge on any atom is -0.507 e. The zero-order chi connectivity index (χ0) is 12.5. The number of methoxy groups -OCH3 is 1. The average Bonchev–Trinajstić information content (AvgIpc) is 2.27. The van der Waals surface area contributed by atoms with E-state index in [1.807, 2.05) is 12.1 Å². The summed E-state index contributed by atoms with van der Waals surface area (Å²) in [4.78, 5) is 0. The molecule has 0 radical (unpaired) electrons. The highest BCUT2D eigenvalue weighted by Crippen LogP contribution is 2.36. The molecule has 0 amide bonds. The average molecular weight is 235 g/mol. The molecular formula is C14H21NO2. The number of piperidine rings is 1. The first-order valence-corrected chi connectivity index (χ1v) is 6.16. The molecule has 0 bridgehead atoms. The smallest absolute Gasteiger partial charge is 0.124 e. The zero-order valence-corrected chi connectivity index (χ0v) is 10.8. The van der Waals surface area contributed by atoms with E-state index in [2.05, 4.69) is 19.2 Å². The molecule has 2 N–H and O–H groups in total. The molecule has 1 aliphatic heterocycles. The highest BCUT2D eigenvalue weighted by Gasteiger charge is 2.28. The van der Waals surface area contributed by atoms with Gasteiger partial charge in [-0.25, -0.2) is 0 Å². The summed E-state index contributed by atoms with van der Waals surface area (Å²) in [6.07, 6.45) is 3.44. The maximum atomic E-state index is 10.0. The second-order valence-electron chi connectivity index (χ2n) is 5.40. The Bertz CT molecular complexity index is 401. The molecule has 94 valence electrons. The Kier molecular flexibility index (Phi) is 3.29. The van der Waals surface area contributed by atoms with Crippen molar-refractivity contribution in [1.29, 1.82) is 0 Å². The van der Waals surface area contributed by atoms with Gasteiger partial charge in [-0.15, -0.1) is 0 Å². The number of rotatable bonds is 2. The molecular weight excluding hydrogens is 214 g/mol. The van der Waals surface area contributed by atoms with Crippen molar-refractivity contribution in [2.45, 2.75) is 44.7 Å². The summed E-state index contributed by atoms with van der Waals surface area (Å²) < 4.78 is 5.10. The molecule has 0 saturated carbocycles. The van der Waals surface area contributed by atoms with Crippen LogP contribution in [0.25, 0.3) is 0 Å². The monoisotopic (exact) mass is 235 g/mol. The first-order chi connectivity index (χ1) is 8.02. The van der Waals surface area contributed by atoms with E-state index in [4.69, 9.17) is 4.74 Å². The van der Waals surface area contributed by atoms with Gasteiger partial charge in [0.25, 0.3) is 0 Å². The van der Waals surface area contributed by atoms with Crippen LogP contribution in [-0.2, 0) is 0 Å². The Morgan fingerprint density at radius 3 is 2.76 bits per heavy atom. The first kappa shape index (κ1) is 12.2. The summed E-state index contributed by atoms with van der Waals surface area (Å²) >= 11 is 0. The minimum absolute atomic E-state index is 0.148. The lowest BCUT2D eigenvalue weighted by Gasteiger charge is -2.37. The molecule has 0 aromatic heterocycles. The fourth-order valence-electron chi connectivity index (χ4n) is 2.54. The third-order valence-corrected chi connectivity index (χ3v) is 3.47. The molecule has 0 aliphatic carbocycles. The number of nitrogens with one attached hydrogen (secondary N) is 1. The Morgan fingerprint density at radius 2 is 2.18 bits per heavy atom. The van der Waals surface area contributed by atoms with Crippen molar-refractivity contribution in [3.05, 3.63) is 23.8 Å². The van der Waals surface area contributed by atoms with Crippen LogP contribution < -0.4 is 10.1 Å². The molecule has 17 heavy (non-hydrogen) atoms. The van der Waals surface area contributed by atoms with Crippen LogP contribution in [0, 0.1) is 0 Å². The van der Waals surface area contributed by atoms with E-state index < -0.39 is 0 Å². The minimum atomic E-state index is 0.148. The summed E-state index contributed by atoms with van der Waals surface area (Å²) in [6, 6.07) is 5.77. The van der Waals surface area contributed by atoms with Crippen LogP contribution in [0.4, 0.5) is 0 Å². The normalized spacial score (nSPS) is 23.4. The van der Waals surface area contributed by atoms with Crippen LogP contribution >= 0.6 is 0 Å². The molecule has 0 spiro atoms. The molecule has 2 rings (SSSR count). The maximum absolute atomic E-state index is 10.0. The lowest BCUT2D eigenvalue weighted by atomic mass is 9.86. The van der Waals surface area contributed by atoms with Crippen molar-refractivity contribution >= 4 is 0 Å². The van der Waals surface area contributed by atoms with Gasteiger partial charge in [-0.3, -0.25) is 0 Å². The zero-order valence-electron chi connectivity index (χ0n) is 10.8. The third kappa shape index (κ3) is 2.72. The second kappa shape index (κ2) is 4.57. The van der Waals surface area contributed by atoms with Crippen molar-refractivity contribution in [3.63, 3.8) is 0 Å². The molecule has 0 unspecified atom stereocenters. The first-order valence-electron chi connectivity index (χ1n) is 6.16. The predicted molar refractivity (Wildman–Crippen MR) is 68.5 cm³/mol. The van der Waals surface area contributed by atoms with E-state index in [1.54, 1.807) is 13.2 Å². The van der Waals surface area contributed by atoms with Gasteiger partial charge in [0.15, 0.2) is 0 Å². The van der Waals surface area contributed by atoms with Gasteiger partial charge in [-0.05, 0) is 39.2 Å². The lowest BCUT2D eigenvalue weighted by molar-refractivity contribution is 0.242. The highest BCUT2D eigenvalue weighted by molar-refractivity contribution is 5.41. The van der Waals surface area contributed by atoms with E-state index in [0.29, 0.717) is 11.5 Å². The van der Waals surface area contributed by atoms with Gasteiger partial charge in [-0.2, -0.15) is 0 Å². The standard InChI is InChI=1S/C14H21NO2/c1-14(2)8-4-5-12(15-14)11-7-6-10(17-3)9-13(11)16/h6-7,9,12,15-16H,4-5,8H2,1-3H3/t12-/m1/s1. The molecule has 1 fully saturated rings. The number of phenols is 1. The van der Waals surface area contributed by atoms with Crippen molar-refractivity contribution < 1.29 is 9.84 Å². The van der Waals surface area contributed by atoms with E-state index in [9.17, 15) is 5.11 Å². The summed E-state index contributed by atoms with van der Waals surface area (Å²) in [7, 11) is 1.61. The number of benzene rings is 1. The Morgan fingerprint density at radius 1 is 1.41 bits per heavy atom. The fourth-order valence-corrected chi connectivity index (χ4v) is 2.54. The van der Waals surface area contributed by atoms with Gasteiger partial charge in [0.05, 0.1) is 7.11 Å². The molecule has 1 heterocycles. The molecule has 1 saturated heterocycles. The predicted octanol–water partition coefficient (Wildman–Crippen LogP) is 2.99. The van der Waals surface area contributed by atoms with Crippen LogP contribution in [0.1, 0.15) is 44.7 Å². The number of hydrogen-bond donors (Lipinski definition) is 2. The van der Waals surface area contributed by atoms with Crippen molar-refractivity contribution in [2.75, 3.05) is 7.11 Å². The highest BCUT2D eigenvalue weighted by atomic mass is 16.5. The van der Waals surface area contributed by atoms with Crippen LogP contribution in [-0.4, -0.2) is 17.8 Å². The number of aromatic hydroxyl groups is 1. The molecule has 1 aromatic carbocycles. The topological polar surface area (TPSA) is 41.5 Å². The van der Waals surface area contributed by atoms with Crippen molar-refractivity contribution in [1.82, 2.24) is 5.32 Å².